The molecule has 0 aromatic heterocycles. The Kier molecular flexibility index (Phi) is 5.45. The van der Waals surface area contributed by atoms with Crippen LogP contribution in [0, 0.1) is 0 Å². The van der Waals surface area contributed by atoms with E-state index >= 15 is 0 Å². The number of hydrogen-bond acceptors (Lipinski definition) is 4. The second-order valence-electron chi connectivity index (χ2n) is 5.25. The normalized spacial score (nSPS) is 11.7. The number of alkyl halides is 3. The number of carbonyl (C=O) groups is 1. The predicted octanol–water partition coefficient (Wildman–Crippen LogP) is 3.37. The molecule has 2 aromatic carbocycles. The SMILES string of the molecule is CC(=O)N(C)c1ccc(NS(=O)(=O)c2cccc(OC(F)(F)F)c2)cc1. The van der Waals surface area contributed by atoms with E-state index in [0.717, 1.165) is 24.3 Å². The molecule has 1 N–H and O–H groups in total. The number of amides is 1. The van der Waals surface area contributed by atoms with Gasteiger partial charge >= 0.3 is 6.36 Å². The summed E-state index contributed by atoms with van der Waals surface area (Å²) in [6.07, 6.45) is -4.92. The fourth-order valence-electron chi connectivity index (χ4n) is 1.99. The highest BCUT2D eigenvalue weighted by Crippen LogP contribution is 2.26. The number of rotatable bonds is 5. The van der Waals surface area contributed by atoms with Crippen molar-refractivity contribution in [2.24, 2.45) is 0 Å². The monoisotopic (exact) mass is 388 g/mol. The molecule has 10 heteroatoms. The van der Waals surface area contributed by atoms with Crippen LogP contribution >= 0.6 is 0 Å². The Balaban J connectivity index is 2.21. The summed E-state index contributed by atoms with van der Waals surface area (Å²) in [6, 6.07) is 9.98. The molecule has 1 amide bonds. The van der Waals surface area contributed by atoms with E-state index in [2.05, 4.69) is 9.46 Å². The summed E-state index contributed by atoms with van der Waals surface area (Å²) < 4.78 is 67.4. The maximum absolute atomic E-state index is 12.3. The van der Waals surface area contributed by atoms with Crippen LogP contribution in [0.1, 0.15) is 6.92 Å². The van der Waals surface area contributed by atoms with Gasteiger partial charge in [-0.3, -0.25) is 9.52 Å². The van der Waals surface area contributed by atoms with E-state index in [1.54, 1.807) is 7.05 Å². The van der Waals surface area contributed by atoms with Gasteiger partial charge in [0.1, 0.15) is 5.75 Å². The first-order valence-corrected chi connectivity index (χ1v) is 8.69. The Bertz CT molecular complexity index is 896. The molecule has 0 aliphatic rings. The van der Waals surface area contributed by atoms with Gasteiger partial charge in [-0.15, -0.1) is 13.2 Å². The first-order valence-electron chi connectivity index (χ1n) is 7.21. The zero-order valence-electron chi connectivity index (χ0n) is 13.7. The van der Waals surface area contributed by atoms with Crippen molar-refractivity contribution in [3.05, 3.63) is 48.5 Å². The van der Waals surface area contributed by atoms with E-state index in [4.69, 9.17) is 0 Å². The second kappa shape index (κ2) is 7.24. The highest BCUT2D eigenvalue weighted by Gasteiger charge is 2.31. The molecule has 0 saturated carbocycles. The average molecular weight is 388 g/mol. The summed E-state index contributed by atoms with van der Waals surface area (Å²) in [6.45, 7) is 1.38. The molecule has 0 bridgehead atoms. The molecular weight excluding hydrogens is 373 g/mol. The van der Waals surface area contributed by atoms with Crippen molar-refractivity contribution in [3.63, 3.8) is 0 Å². The lowest BCUT2D eigenvalue weighted by Crippen LogP contribution is -2.22. The van der Waals surface area contributed by atoms with Crippen molar-refractivity contribution >= 4 is 27.3 Å². The number of hydrogen-bond donors (Lipinski definition) is 1. The van der Waals surface area contributed by atoms with Crippen LogP contribution in [0.3, 0.4) is 0 Å². The smallest absolute Gasteiger partial charge is 0.406 e. The molecule has 26 heavy (non-hydrogen) atoms. The molecule has 0 radical (unpaired) electrons. The lowest BCUT2D eigenvalue weighted by Gasteiger charge is -2.16. The Morgan fingerprint density at radius 2 is 1.73 bits per heavy atom. The summed E-state index contributed by atoms with van der Waals surface area (Å²) in [5.74, 6) is -0.835. The van der Waals surface area contributed by atoms with E-state index in [1.165, 1.54) is 36.1 Å². The van der Waals surface area contributed by atoms with Crippen LogP contribution in [0.2, 0.25) is 0 Å². The molecule has 0 spiro atoms. The van der Waals surface area contributed by atoms with Gasteiger partial charge in [0.15, 0.2) is 0 Å². The zero-order valence-corrected chi connectivity index (χ0v) is 14.6. The molecule has 0 aliphatic carbocycles. The van der Waals surface area contributed by atoms with Gasteiger partial charge in [-0.05, 0) is 36.4 Å². The Morgan fingerprint density at radius 3 is 2.27 bits per heavy atom. The summed E-state index contributed by atoms with van der Waals surface area (Å²) in [4.78, 5) is 12.3. The van der Waals surface area contributed by atoms with Crippen LogP contribution in [0.5, 0.6) is 5.75 Å². The molecular formula is C16H15F3N2O4S. The molecule has 0 unspecified atom stereocenters. The largest absolute Gasteiger partial charge is 0.573 e. The van der Waals surface area contributed by atoms with Crippen molar-refractivity contribution < 1.29 is 31.1 Å². The highest BCUT2D eigenvalue weighted by molar-refractivity contribution is 7.92. The molecule has 0 aliphatic heterocycles. The molecule has 140 valence electrons. The third kappa shape index (κ3) is 5.12. The Labute approximate surface area is 148 Å². The van der Waals surface area contributed by atoms with Crippen LogP contribution in [-0.2, 0) is 14.8 Å². The standard InChI is InChI=1S/C16H15F3N2O4S/c1-11(22)21(2)13-8-6-12(7-9-13)20-26(23,24)15-5-3-4-14(10-15)25-16(17,18)19/h3-10,20H,1-2H3. The molecule has 2 aromatic rings. The van der Waals surface area contributed by atoms with Gasteiger partial charge in [0.05, 0.1) is 4.90 Å². The minimum atomic E-state index is -4.92. The molecule has 0 atom stereocenters. The van der Waals surface area contributed by atoms with Gasteiger partial charge < -0.3 is 9.64 Å². The van der Waals surface area contributed by atoms with Gasteiger partial charge in [-0.25, -0.2) is 8.42 Å². The van der Waals surface area contributed by atoms with Crippen LogP contribution in [-0.4, -0.2) is 27.7 Å². The van der Waals surface area contributed by atoms with Gasteiger partial charge in [0, 0.05) is 31.4 Å². The van der Waals surface area contributed by atoms with Crippen molar-refractivity contribution in [1.29, 1.82) is 0 Å². The lowest BCUT2D eigenvalue weighted by molar-refractivity contribution is -0.274. The first-order chi connectivity index (χ1) is 12.0. The van der Waals surface area contributed by atoms with E-state index in [0.29, 0.717) is 5.69 Å². The van der Waals surface area contributed by atoms with E-state index < -0.39 is 22.1 Å². The highest BCUT2D eigenvalue weighted by atomic mass is 32.2. The number of sulfonamides is 1. The minimum absolute atomic E-state index is 0.188. The van der Waals surface area contributed by atoms with Crippen molar-refractivity contribution in [2.75, 3.05) is 16.7 Å². The number of anilines is 2. The maximum atomic E-state index is 12.3. The number of carbonyl (C=O) groups excluding carboxylic acids is 1. The zero-order chi connectivity index (χ0) is 19.5. The molecule has 6 nitrogen and oxygen atoms in total. The van der Waals surface area contributed by atoms with E-state index in [-0.39, 0.29) is 16.5 Å². The fraction of sp³-hybridized carbons (Fsp3) is 0.188. The third-order valence-corrected chi connectivity index (χ3v) is 4.71. The average Bonchev–Trinajstić information content (AvgIpc) is 2.53. The van der Waals surface area contributed by atoms with Gasteiger partial charge in [-0.2, -0.15) is 0 Å². The summed E-state index contributed by atoms with van der Waals surface area (Å²) in [7, 11) is -2.56. The van der Waals surface area contributed by atoms with Crippen molar-refractivity contribution in [1.82, 2.24) is 0 Å². The quantitative estimate of drug-likeness (QED) is 0.852. The number of ether oxygens (including phenoxy) is 1. The number of benzene rings is 2. The summed E-state index contributed by atoms with van der Waals surface area (Å²) in [5.41, 5.74) is 0.744. The number of halogens is 3. The molecule has 0 fully saturated rings. The third-order valence-electron chi connectivity index (χ3n) is 3.33. The van der Waals surface area contributed by atoms with Crippen LogP contribution < -0.4 is 14.4 Å². The first kappa shape index (κ1) is 19.6. The van der Waals surface area contributed by atoms with Gasteiger partial charge in [0.25, 0.3) is 10.0 Å². The van der Waals surface area contributed by atoms with Gasteiger partial charge in [0.2, 0.25) is 5.91 Å². The van der Waals surface area contributed by atoms with E-state index in [9.17, 15) is 26.4 Å². The number of nitrogens with one attached hydrogen (secondary N) is 1. The van der Waals surface area contributed by atoms with Crippen LogP contribution in [0.25, 0.3) is 0 Å². The molecule has 0 saturated heterocycles. The molecule has 2 rings (SSSR count). The van der Waals surface area contributed by atoms with Gasteiger partial charge in [-0.1, -0.05) is 6.07 Å². The van der Waals surface area contributed by atoms with Crippen molar-refractivity contribution in [2.45, 2.75) is 18.2 Å². The molecule has 0 heterocycles. The van der Waals surface area contributed by atoms with Crippen LogP contribution in [0.15, 0.2) is 53.4 Å². The minimum Gasteiger partial charge on any atom is -0.406 e. The lowest BCUT2D eigenvalue weighted by atomic mass is 10.2. The predicted molar refractivity (Wildman–Crippen MR) is 89.5 cm³/mol. The summed E-state index contributed by atoms with van der Waals surface area (Å²) >= 11 is 0. The second-order valence-corrected chi connectivity index (χ2v) is 6.94. The Morgan fingerprint density at radius 1 is 1.12 bits per heavy atom. The van der Waals surface area contributed by atoms with E-state index in [1.807, 2.05) is 0 Å². The maximum Gasteiger partial charge on any atom is 0.573 e. The number of nitrogens with zero attached hydrogens (tertiary/aromatic N) is 1. The summed E-state index contributed by atoms with van der Waals surface area (Å²) in [5, 5.41) is 0. The Hall–Kier alpha value is -2.75. The topological polar surface area (TPSA) is 75.7 Å². The van der Waals surface area contributed by atoms with Crippen molar-refractivity contribution in [3.8, 4) is 5.75 Å². The fourth-order valence-corrected chi connectivity index (χ4v) is 3.08. The van der Waals surface area contributed by atoms with Crippen LogP contribution in [0.4, 0.5) is 24.5 Å².